The van der Waals surface area contributed by atoms with Crippen molar-refractivity contribution < 1.29 is 0 Å². The highest BCUT2D eigenvalue weighted by atomic mass is 32.1. The van der Waals surface area contributed by atoms with Gasteiger partial charge in [-0.15, -0.1) is 34.2 Å². The van der Waals surface area contributed by atoms with Crippen LogP contribution in [-0.2, 0) is 6.54 Å². The third-order valence-electron chi connectivity index (χ3n) is 2.46. The maximum Gasteiger partial charge on any atom is 0.116 e. The number of hydrogen-bond donors (Lipinski definition) is 1. The Balaban J connectivity index is 1.83. The highest BCUT2D eigenvalue weighted by molar-refractivity contribution is 7.80. The molecule has 0 atom stereocenters. The normalized spacial score (nSPS) is 10.7. The topological polar surface area (TPSA) is 43.6 Å². The Morgan fingerprint density at radius 1 is 1.17 bits per heavy atom. The molecule has 0 aromatic carbocycles. The number of aromatic nitrogens is 4. The van der Waals surface area contributed by atoms with Crippen molar-refractivity contribution in [3.63, 3.8) is 0 Å². The van der Waals surface area contributed by atoms with Crippen molar-refractivity contribution >= 4 is 24.0 Å². The van der Waals surface area contributed by atoms with E-state index in [2.05, 4.69) is 39.9 Å². The number of nitrogens with zero attached hydrogens (tertiary/aromatic N) is 4. The lowest BCUT2D eigenvalue weighted by molar-refractivity contribution is 0.810. The Bertz CT molecular complexity index is 628. The van der Waals surface area contributed by atoms with Crippen molar-refractivity contribution in [3.05, 3.63) is 47.9 Å². The minimum absolute atomic E-state index is 0.633. The summed E-state index contributed by atoms with van der Waals surface area (Å²) in [4.78, 5) is 6.41. The molecule has 3 heterocycles. The van der Waals surface area contributed by atoms with Crippen molar-refractivity contribution in [2.24, 2.45) is 0 Å². The number of rotatable bonds is 3. The van der Waals surface area contributed by atoms with E-state index in [1.807, 2.05) is 29.2 Å². The molecule has 0 saturated carbocycles. The molecule has 3 aromatic heterocycles. The van der Waals surface area contributed by atoms with Crippen LogP contribution in [-0.4, -0.2) is 19.7 Å². The maximum absolute atomic E-state index is 4.13. The Kier molecular flexibility index (Phi) is 3.12. The summed E-state index contributed by atoms with van der Waals surface area (Å²) >= 11 is 5.84. The Labute approximate surface area is 114 Å². The van der Waals surface area contributed by atoms with Crippen LogP contribution in [0.3, 0.4) is 0 Å². The Morgan fingerprint density at radius 2 is 2.11 bits per heavy atom. The first-order chi connectivity index (χ1) is 8.81. The molecule has 0 aliphatic heterocycles. The molecule has 0 radical (unpaired) electrons. The van der Waals surface area contributed by atoms with Crippen molar-refractivity contribution in [2.45, 2.75) is 11.6 Å². The molecule has 0 aliphatic carbocycles. The van der Waals surface area contributed by atoms with Gasteiger partial charge in [-0.05, 0) is 24.3 Å². The van der Waals surface area contributed by atoms with Crippen molar-refractivity contribution in [3.8, 4) is 10.6 Å². The molecule has 18 heavy (non-hydrogen) atoms. The summed E-state index contributed by atoms with van der Waals surface area (Å²) in [5, 5.41) is 8.70. The molecular formula is C12H10N4S2. The molecule has 0 N–H and O–H groups in total. The fraction of sp³-hybridized carbons (Fsp3) is 0.0833. The lowest BCUT2D eigenvalue weighted by Gasteiger charge is -1.98. The molecule has 3 aromatic rings. The van der Waals surface area contributed by atoms with Crippen LogP contribution >= 0.6 is 24.0 Å². The van der Waals surface area contributed by atoms with E-state index in [-0.39, 0.29) is 0 Å². The van der Waals surface area contributed by atoms with Gasteiger partial charge in [-0.2, -0.15) is 0 Å². The zero-order valence-electron chi connectivity index (χ0n) is 9.39. The lowest BCUT2D eigenvalue weighted by atomic mass is 10.3. The smallest absolute Gasteiger partial charge is 0.116 e. The van der Waals surface area contributed by atoms with Gasteiger partial charge >= 0.3 is 0 Å². The monoisotopic (exact) mass is 274 g/mol. The van der Waals surface area contributed by atoms with Crippen molar-refractivity contribution in [2.75, 3.05) is 0 Å². The third kappa shape index (κ3) is 2.44. The lowest BCUT2D eigenvalue weighted by Crippen LogP contribution is -1.92. The van der Waals surface area contributed by atoms with Gasteiger partial charge in [0.15, 0.2) is 0 Å². The van der Waals surface area contributed by atoms with Gasteiger partial charge in [0, 0.05) is 17.3 Å². The van der Waals surface area contributed by atoms with E-state index < -0.39 is 0 Å². The van der Waals surface area contributed by atoms with Crippen LogP contribution in [0.2, 0.25) is 0 Å². The molecule has 4 nitrogen and oxygen atoms in total. The van der Waals surface area contributed by atoms with E-state index in [9.17, 15) is 0 Å². The number of thiol groups is 1. The van der Waals surface area contributed by atoms with E-state index in [1.54, 1.807) is 17.5 Å². The first-order valence-electron chi connectivity index (χ1n) is 5.39. The molecule has 0 unspecified atom stereocenters. The largest absolute Gasteiger partial charge is 0.332 e. The van der Waals surface area contributed by atoms with E-state index in [0.717, 1.165) is 17.1 Å². The third-order valence-corrected chi connectivity index (χ3v) is 3.79. The zero-order chi connectivity index (χ0) is 12.4. The quantitative estimate of drug-likeness (QED) is 0.747. The first kappa shape index (κ1) is 11.4. The van der Waals surface area contributed by atoms with Crippen molar-refractivity contribution in [1.29, 1.82) is 0 Å². The van der Waals surface area contributed by atoms with Crippen LogP contribution in [0.5, 0.6) is 0 Å². The Hall–Kier alpha value is -1.66. The molecule has 90 valence electrons. The van der Waals surface area contributed by atoms with Gasteiger partial charge in [0.2, 0.25) is 0 Å². The molecule has 0 saturated heterocycles. The highest BCUT2D eigenvalue weighted by Gasteiger charge is 2.05. The van der Waals surface area contributed by atoms with Gasteiger partial charge in [0.1, 0.15) is 10.7 Å². The Morgan fingerprint density at radius 3 is 2.83 bits per heavy atom. The molecule has 6 heteroatoms. The van der Waals surface area contributed by atoms with Crippen LogP contribution < -0.4 is 0 Å². The molecule has 0 aliphatic rings. The van der Waals surface area contributed by atoms with E-state index >= 15 is 0 Å². The molecule has 0 fully saturated rings. The van der Waals surface area contributed by atoms with Crippen LogP contribution in [0.1, 0.15) is 4.88 Å². The summed E-state index contributed by atoms with van der Waals surface area (Å²) in [7, 11) is 0. The van der Waals surface area contributed by atoms with Gasteiger partial charge in [-0.1, -0.05) is 0 Å². The predicted molar refractivity (Wildman–Crippen MR) is 73.9 cm³/mol. The van der Waals surface area contributed by atoms with E-state index in [1.165, 1.54) is 4.88 Å². The number of imidazole rings is 1. The summed E-state index contributed by atoms with van der Waals surface area (Å²) in [6.45, 7) is 0.836. The number of thiophene rings is 1. The van der Waals surface area contributed by atoms with E-state index in [0.29, 0.717) is 5.03 Å². The fourth-order valence-electron chi connectivity index (χ4n) is 1.62. The van der Waals surface area contributed by atoms with Crippen molar-refractivity contribution in [1.82, 2.24) is 19.7 Å². The molecule has 0 amide bonds. The van der Waals surface area contributed by atoms with Gasteiger partial charge in [0.25, 0.3) is 0 Å². The SMILES string of the molecule is Sc1ccc(-c2ccc(Cn3ccnc3)s2)nn1. The van der Waals surface area contributed by atoms with E-state index in [4.69, 9.17) is 0 Å². The maximum atomic E-state index is 4.13. The second-order valence-electron chi connectivity index (χ2n) is 3.78. The van der Waals surface area contributed by atoms with Crippen LogP contribution in [0, 0.1) is 0 Å². The first-order valence-corrected chi connectivity index (χ1v) is 6.65. The summed E-state index contributed by atoms with van der Waals surface area (Å²) in [5.41, 5.74) is 0.884. The van der Waals surface area contributed by atoms with Crippen LogP contribution in [0.4, 0.5) is 0 Å². The summed E-state index contributed by atoms with van der Waals surface area (Å²) in [6.07, 6.45) is 5.55. The molecular weight excluding hydrogens is 264 g/mol. The molecule has 0 bridgehead atoms. The molecule has 0 spiro atoms. The minimum Gasteiger partial charge on any atom is -0.332 e. The van der Waals surface area contributed by atoms with Crippen LogP contribution in [0.25, 0.3) is 10.6 Å². The second-order valence-corrected chi connectivity index (χ2v) is 5.40. The van der Waals surface area contributed by atoms with Gasteiger partial charge < -0.3 is 4.57 Å². The second kappa shape index (κ2) is 4.91. The van der Waals surface area contributed by atoms with Gasteiger partial charge in [-0.25, -0.2) is 4.98 Å². The average Bonchev–Trinajstić information content (AvgIpc) is 3.02. The number of hydrogen-bond acceptors (Lipinski definition) is 5. The summed E-state index contributed by atoms with van der Waals surface area (Å²) in [6, 6.07) is 7.96. The van der Waals surface area contributed by atoms with Gasteiger partial charge in [-0.3, -0.25) is 0 Å². The minimum atomic E-state index is 0.633. The van der Waals surface area contributed by atoms with Crippen LogP contribution in [0.15, 0.2) is 48.0 Å². The predicted octanol–water partition coefficient (Wildman–Crippen LogP) is 2.74. The molecule has 3 rings (SSSR count). The highest BCUT2D eigenvalue weighted by Crippen LogP contribution is 2.26. The summed E-state index contributed by atoms with van der Waals surface area (Å²) in [5.74, 6) is 0. The fourth-order valence-corrected chi connectivity index (χ4v) is 2.72. The zero-order valence-corrected chi connectivity index (χ0v) is 11.1. The summed E-state index contributed by atoms with van der Waals surface area (Å²) < 4.78 is 2.04. The average molecular weight is 274 g/mol. The van der Waals surface area contributed by atoms with Gasteiger partial charge in [0.05, 0.1) is 17.7 Å². The standard InChI is InChI=1S/C12H10N4S2/c17-12-4-2-10(14-15-12)11-3-1-9(18-11)7-16-6-5-13-8-16/h1-6,8H,7H2,(H,15,17).